The maximum absolute atomic E-state index is 11.7. The maximum atomic E-state index is 11.7. The van der Waals surface area contributed by atoms with E-state index in [2.05, 4.69) is 19.1 Å². The molecule has 1 N–H and O–H groups in total. The molecule has 1 aromatic carbocycles. The molecule has 2 rings (SSSR count). The molecular weight excluding hydrogens is 202 g/mol. The molecule has 0 spiro atoms. The SMILES string of the molecule is Cc1ccccc1CCC(=O)N1CC(O)C1. The zero-order valence-corrected chi connectivity index (χ0v) is 9.52. The average molecular weight is 219 g/mol. The van der Waals surface area contributed by atoms with Crippen molar-refractivity contribution in [2.45, 2.75) is 25.9 Å². The van der Waals surface area contributed by atoms with Gasteiger partial charge in [0.25, 0.3) is 0 Å². The van der Waals surface area contributed by atoms with Crippen molar-refractivity contribution in [3.8, 4) is 0 Å². The van der Waals surface area contributed by atoms with Gasteiger partial charge in [-0.2, -0.15) is 0 Å². The van der Waals surface area contributed by atoms with Gasteiger partial charge >= 0.3 is 0 Å². The number of aliphatic hydroxyl groups is 1. The summed E-state index contributed by atoms with van der Waals surface area (Å²) in [5.74, 6) is 0.147. The van der Waals surface area contributed by atoms with Crippen LogP contribution in [-0.2, 0) is 11.2 Å². The first-order valence-corrected chi connectivity index (χ1v) is 5.67. The lowest BCUT2D eigenvalue weighted by Crippen LogP contribution is -2.53. The number of aliphatic hydroxyl groups excluding tert-OH is 1. The summed E-state index contributed by atoms with van der Waals surface area (Å²) in [6, 6.07) is 8.13. The van der Waals surface area contributed by atoms with Crippen molar-refractivity contribution in [1.29, 1.82) is 0 Å². The Morgan fingerprint density at radius 1 is 1.44 bits per heavy atom. The Morgan fingerprint density at radius 2 is 2.12 bits per heavy atom. The molecule has 0 saturated carbocycles. The van der Waals surface area contributed by atoms with Crippen LogP contribution in [0.1, 0.15) is 17.5 Å². The van der Waals surface area contributed by atoms with Crippen LogP contribution in [0.25, 0.3) is 0 Å². The van der Waals surface area contributed by atoms with Crippen LogP contribution in [0.5, 0.6) is 0 Å². The molecule has 1 heterocycles. The third-order valence-corrected chi connectivity index (χ3v) is 3.08. The highest BCUT2D eigenvalue weighted by atomic mass is 16.3. The van der Waals surface area contributed by atoms with Gasteiger partial charge in [-0.15, -0.1) is 0 Å². The van der Waals surface area contributed by atoms with E-state index in [0.29, 0.717) is 19.5 Å². The van der Waals surface area contributed by atoms with E-state index in [-0.39, 0.29) is 12.0 Å². The third-order valence-electron chi connectivity index (χ3n) is 3.08. The van der Waals surface area contributed by atoms with Crippen molar-refractivity contribution in [3.63, 3.8) is 0 Å². The Morgan fingerprint density at radius 3 is 2.75 bits per heavy atom. The molecule has 0 aromatic heterocycles. The van der Waals surface area contributed by atoms with E-state index in [0.717, 1.165) is 6.42 Å². The molecular formula is C13H17NO2. The monoisotopic (exact) mass is 219 g/mol. The van der Waals surface area contributed by atoms with Crippen LogP contribution in [0, 0.1) is 6.92 Å². The predicted octanol–water partition coefficient (Wildman–Crippen LogP) is 1.13. The lowest BCUT2D eigenvalue weighted by molar-refractivity contribution is -0.141. The van der Waals surface area contributed by atoms with Gasteiger partial charge in [0.05, 0.1) is 6.10 Å². The highest BCUT2D eigenvalue weighted by molar-refractivity contribution is 5.77. The third kappa shape index (κ3) is 2.42. The van der Waals surface area contributed by atoms with Crippen molar-refractivity contribution in [3.05, 3.63) is 35.4 Å². The Bertz CT molecular complexity index is 383. The molecule has 1 saturated heterocycles. The van der Waals surface area contributed by atoms with Gasteiger partial charge in [0.15, 0.2) is 0 Å². The summed E-state index contributed by atoms with van der Waals surface area (Å²) in [6.07, 6.45) is 1.03. The summed E-state index contributed by atoms with van der Waals surface area (Å²) in [5, 5.41) is 9.10. The number of amides is 1. The van der Waals surface area contributed by atoms with E-state index in [4.69, 9.17) is 5.11 Å². The van der Waals surface area contributed by atoms with Crippen molar-refractivity contribution < 1.29 is 9.90 Å². The highest BCUT2D eigenvalue weighted by Crippen LogP contribution is 2.13. The maximum Gasteiger partial charge on any atom is 0.223 e. The number of carbonyl (C=O) groups excluding carboxylic acids is 1. The molecule has 0 radical (unpaired) electrons. The number of nitrogens with zero attached hydrogens (tertiary/aromatic N) is 1. The first-order valence-electron chi connectivity index (χ1n) is 5.67. The Hall–Kier alpha value is -1.35. The van der Waals surface area contributed by atoms with Crippen LogP contribution in [0.4, 0.5) is 0 Å². The number of carbonyl (C=O) groups is 1. The van der Waals surface area contributed by atoms with Crippen LogP contribution in [0.15, 0.2) is 24.3 Å². The molecule has 0 aliphatic carbocycles. The van der Waals surface area contributed by atoms with Gasteiger partial charge in [-0.05, 0) is 24.5 Å². The van der Waals surface area contributed by atoms with Crippen LogP contribution < -0.4 is 0 Å². The van der Waals surface area contributed by atoms with Crippen molar-refractivity contribution in [1.82, 2.24) is 4.90 Å². The van der Waals surface area contributed by atoms with E-state index in [1.165, 1.54) is 11.1 Å². The molecule has 1 fully saturated rings. The average Bonchev–Trinajstić information content (AvgIpc) is 2.23. The predicted molar refractivity (Wildman–Crippen MR) is 62.1 cm³/mol. The summed E-state index contributed by atoms with van der Waals surface area (Å²) < 4.78 is 0. The van der Waals surface area contributed by atoms with Gasteiger partial charge in [-0.25, -0.2) is 0 Å². The molecule has 0 bridgehead atoms. The van der Waals surface area contributed by atoms with Gasteiger partial charge in [0, 0.05) is 19.5 Å². The molecule has 3 heteroatoms. The normalized spacial score (nSPS) is 16.0. The minimum Gasteiger partial charge on any atom is -0.389 e. The lowest BCUT2D eigenvalue weighted by Gasteiger charge is -2.36. The Kier molecular flexibility index (Phi) is 3.25. The van der Waals surface area contributed by atoms with Crippen LogP contribution >= 0.6 is 0 Å². The second-order valence-electron chi connectivity index (χ2n) is 4.38. The first-order chi connectivity index (χ1) is 7.66. The molecule has 1 aromatic rings. The fourth-order valence-electron chi connectivity index (χ4n) is 1.95. The summed E-state index contributed by atoms with van der Waals surface area (Å²) in [5.41, 5.74) is 2.47. The molecule has 16 heavy (non-hydrogen) atoms. The molecule has 1 aliphatic heterocycles. The van der Waals surface area contributed by atoms with E-state index in [1.54, 1.807) is 4.90 Å². The largest absolute Gasteiger partial charge is 0.389 e. The molecule has 86 valence electrons. The standard InChI is InChI=1S/C13H17NO2/c1-10-4-2-3-5-11(10)6-7-13(16)14-8-12(15)9-14/h2-5,12,15H,6-9H2,1H3. The van der Waals surface area contributed by atoms with Gasteiger partial charge in [-0.3, -0.25) is 4.79 Å². The summed E-state index contributed by atoms with van der Waals surface area (Å²) in [7, 11) is 0. The topological polar surface area (TPSA) is 40.5 Å². The van der Waals surface area contributed by atoms with E-state index < -0.39 is 0 Å². The zero-order valence-electron chi connectivity index (χ0n) is 9.52. The number of β-amino-alcohol motifs (C(OH)–C–C–N with tert-alkyl or cyclic N) is 1. The van der Waals surface area contributed by atoms with Crippen molar-refractivity contribution in [2.75, 3.05) is 13.1 Å². The van der Waals surface area contributed by atoms with Crippen LogP contribution in [0.3, 0.4) is 0 Å². The number of aryl methyl sites for hydroxylation is 2. The fourth-order valence-corrected chi connectivity index (χ4v) is 1.95. The molecule has 1 aliphatic rings. The van der Waals surface area contributed by atoms with E-state index >= 15 is 0 Å². The summed E-state index contributed by atoms with van der Waals surface area (Å²) in [6.45, 7) is 3.08. The van der Waals surface area contributed by atoms with E-state index in [9.17, 15) is 4.79 Å². The quantitative estimate of drug-likeness (QED) is 0.828. The van der Waals surface area contributed by atoms with E-state index in [1.807, 2.05) is 12.1 Å². The van der Waals surface area contributed by atoms with Crippen molar-refractivity contribution >= 4 is 5.91 Å². The Balaban J connectivity index is 1.83. The van der Waals surface area contributed by atoms with Gasteiger partial charge < -0.3 is 10.0 Å². The first kappa shape index (κ1) is 11.1. The fraction of sp³-hybridized carbons (Fsp3) is 0.462. The summed E-state index contributed by atoms with van der Waals surface area (Å²) >= 11 is 0. The highest BCUT2D eigenvalue weighted by Gasteiger charge is 2.28. The van der Waals surface area contributed by atoms with Crippen molar-refractivity contribution in [2.24, 2.45) is 0 Å². The second kappa shape index (κ2) is 4.66. The molecule has 0 unspecified atom stereocenters. The lowest BCUT2D eigenvalue weighted by atomic mass is 10.0. The Labute approximate surface area is 95.7 Å². The number of hydrogen-bond acceptors (Lipinski definition) is 2. The molecule has 3 nitrogen and oxygen atoms in total. The van der Waals surface area contributed by atoms with Gasteiger partial charge in [-0.1, -0.05) is 24.3 Å². The van der Waals surface area contributed by atoms with Gasteiger partial charge in [0.1, 0.15) is 0 Å². The van der Waals surface area contributed by atoms with Crippen LogP contribution in [-0.4, -0.2) is 35.1 Å². The minimum absolute atomic E-state index is 0.147. The smallest absolute Gasteiger partial charge is 0.223 e. The summed E-state index contributed by atoms with van der Waals surface area (Å²) in [4.78, 5) is 13.4. The second-order valence-corrected chi connectivity index (χ2v) is 4.38. The number of benzene rings is 1. The number of rotatable bonds is 3. The van der Waals surface area contributed by atoms with Crippen LogP contribution in [0.2, 0.25) is 0 Å². The number of hydrogen-bond donors (Lipinski definition) is 1. The number of likely N-dealkylation sites (tertiary alicyclic amines) is 1. The molecule has 0 atom stereocenters. The zero-order chi connectivity index (χ0) is 11.5. The minimum atomic E-state index is -0.303. The molecule has 1 amide bonds. The van der Waals surface area contributed by atoms with Gasteiger partial charge in [0.2, 0.25) is 5.91 Å².